The number of oxime groups is 1. The molecule has 0 radical (unpaired) electrons. The Balaban J connectivity index is 3.91. The SMILES string of the molecule is CC(C)C(C=O)=NO. The second-order valence-corrected chi connectivity index (χ2v) is 1.80. The molecule has 0 spiro atoms. The van der Waals surface area contributed by atoms with E-state index in [4.69, 9.17) is 5.21 Å². The van der Waals surface area contributed by atoms with Gasteiger partial charge in [-0.05, 0) is 0 Å². The number of carbonyl (C=O) groups is 1. The summed E-state index contributed by atoms with van der Waals surface area (Å²) < 4.78 is 0. The van der Waals surface area contributed by atoms with Crippen LogP contribution < -0.4 is 0 Å². The van der Waals surface area contributed by atoms with Crippen LogP contribution in [0.1, 0.15) is 13.8 Å². The molecule has 3 heteroatoms. The van der Waals surface area contributed by atoms with Gasteiger partial charge in [0.1, 0.15) is 5.71 Å². The van der Waals surface area contributed by atoms with Crippen molar-refractivity contribution in [1.29, 1.82) is 0 Å². The average molecular weight is 115 g/mol. The molecule has 3 nitrogen and oxygen atoms in total. The number of nitrogens with zero attached hydrogens (tertiary/aromatic N) is 1. The Hall–Kier alpha value is -0.860. The first-order valence-corrected chi connectivity index (χ1v) is 2.39. The molecule has 0 heterocycles. The first-order chi connectivity index (χ1) is 3.72. The monoisotopic (exact) mass is 115 g/mol. The topological polar surface area (TPSA) is 49.7 Å². The quantitative estimate of drug-likeness (QED) is 0.249. The minimum Gasteiger partial charge on any atom is -0.411 e. The van der Waals surface area contributed by atoms with Crippen LogP contribution in [0.4, 0.5) is 0 Å². The van der Waals surface area contributed by atoms with Crippen molar-refractivity contribution in [2.24, 2.45) is 11.1 Å². The van der Waals surface area contributed by atoms with E-state index in [0.29, 0.717) is 6.29 Å². The lowest BCUT2D eigenvalue weighted by molar-refractivity contribution is -0.103. The van der Waals surface area contributed by atoms with Crippen molar-refractivity contribution in [1.82, 2.24) is 0 Å². The third-order valence-corrected chi connectivity index (χ3v) is 0.828. The molecule has 8 heavy (non-hydrogen) atoms. The van der Waals surface area contributed by atoms with Gasteiger partial charge in [-0.15, -0.1) is 0 Å². The maximum Gasteiger partial charge on any atom is 0.167 e. The average Bonchev–Trinajstić information content (AvgIpc) is 1.69. The highest BCUT2D eigenvalue weighted by Gasteiger charge is 2.01. The minimum atomic E-state index is 0.0116. The van der Waals surface area contributed by atoms with Crippen molar-refractivity contribution < 1.29 is 10.0 Å². The van der Waals surface area contributed by atoms with E-state index >= 15 is 0 Å². The van der Waals surface area contributed by atoms with Crippen LogP contribution in [0.5, 0.6) is 0 Å². The molecule has 0 rings (SSSR count). The maximum atomic E-state index is 9.89. The highest BCUT2D eigenvalue weighted by atomic mass is 16.4. The molecule has 0 aromatic rings. The number of carbonyl (C=O) groups excluding carboxylic acids is 1. The molecule has 0 saturated heterocycles. The van der Waals surface area contributed by atoms with E-state index in [9.17, 15) is 4.79 Å². The molecule has 1 N–H and O–H groups in total. The summed E-state index contributed by atoms with van der Waals surface area (Å²) in [5.74, 6) is 0.0116. The standard InChI is InChI=1S/C5H9NO2/c1-4(2)5(3-7)6-8/h3-4,8H,1-2H3. The Morgan fingerprint density at radius 2 is 2.25 bits per heavy atom. The first-order valence-electron chi connectivity index (χ1n) is 2.39. The van der Waals surface area contributed by atoms with E-state index in [1.807, 2.05) is 0 Å². The van der Waals surface area contributed by atoms with Crippen molar-refractivity contribution in [3.8, 4) is 0 Å². The summed E-state index contributed by atoms with van der Waals surface area (Å²) in [6.07, 6.45) is 0.546. The van der Waals surface area contributed by atoms with E-state index < -0.39 is 0 Å². The van der Waals surface area contributed by atoms with E-state index in [0.717, 1.165) is 0 Å². The van der Waals surface area contributed by atoms with Crippen LogP contribution in [0.25, 0.3) is 0 Å². The molecule has 0 amide bonds. The maximum absolute atomic E-state index is 9.89. The Bertz CT molecular complexity index is 107. The van der Waals surface area contributed by atoms with Gasteiger partial charge in [0.2, 0.25) is 0 Å². The van der Waals surface area contributed by atoms with Gasteiger partial charge in [0.15, 0.2) is 6.29 Å². The lowest BCUT2D eigenvalue weighted by atomic mass is 10.1. The second-order valence-electron chi connectivity index (χ2n) is 1.80. The van der Waals surface area contributed by atoms with Gasteiger partial charge in [-0.25, -0.2) is 0 Å². The molecular weight excluding hydrogens is 106 g/mol. The molecule has 0 aromatic heterocycles. The summed E-state index contributed by atoms with van der Waals surface area (Å²) >= 11 is 0. The van der Waals surface area contributed by atoms with Crippen LogP contribution >= 0.6 is 0 Å². The van der Waals surface area contributed by atoms with Crippen molar-refractivity contribution in [3.63, 3.8) is 0 Å². The molecule has 0 atom stereocenters. The van der Waals surface area contributed by atoms with E-state index in [1.165, 1.54) is 0 Å². The van der Waals surface area contributed by atoms with E-state index in [2.05, 4.69) is 5.16 Å². The zero-order valence-electron chi connectivity index (χ0n) is 4.96. The smallest absolute Gasteiger partial charge is 0.167 e. The number of hydrogen-bond acceptors (Lipinski definition) is 3. The summed E-state index contributed by atoms with van der Waals surface area (Å²) in [7, 11) is 0. The Kier molecular flexibility index (Phi) is 2.84. The fraction of sp³-hybridized carbons (Fsp3) is 0.600. The molecule has 0 aliphatic heterocycles. The van der Waals surface area contributed by atoms with Crippen LogP contribution in [0.15, 0.2) is 5.16 Å². The summed E-state index contributed by atoms with van der Waals surface area (Å²) in [4.78, 5) is 9.89. The second kappa shape index (κ2) is 3.18. The van der Waals surface area contributed by atoms with Crippen molar-refractivity contribution >= 4 is 12.0 Å². The molecule has 0 saturated carbocycles. The third-order valence-electron chi connectivity index (χ3n) is 0.828. The summed E-state index contributed by atoms with van der Waals surface area (Å²) in [5, 5.41) is 10.8. The lowest BCUT2D eigenvalue weighted by Crippen LogP contribution is -2.07. The molecular formula is C5H9NO2. The Morgan fingerprint density at radius 3 is 2.25 bits per heavy atom. The molecule has 0 aromatic carbocycles. The van der Waals surface area contributed by atoms with Crippen LogP contribution in [-0.4, -0.2) is 17.2 Å². The molecule has 0 bridgehead atoms. The van der Waals surface area contributed by atoms with Gasteiger partial charge in [-0.2, -0.15) is 0 Å². The molecule has 0 fully saturated rings. The predicted molar refractivity (Wildman–Crippen MR) is 30.1 cm³/mol. The molecule has 0 aliphatic carbocycles. The van der Waals surface area contributed by atoms with Crippen LogP contribution in [0.2, 0.25) is 0 Å². The number of aldehydes is 1. The number of rotatable bonds is 2. The van der Waals surface area contributed by atoms with Gasteiger partial charge in [-0.3, -0.25) is 4.79 Å². The Morgan fingerprint density at radius 1 is 1.75 bits per heavy atom. The van der Waals surface area contributed by atoms with Gasteiger partial charge in [-0.1, -0.05) is 19.0 Å². The summed E-state index contributed by atoms with van der Waals surface area (Å²) in [5.41, 5.74) is 0.185. The largest absolute Gasteiger partial charge is 0.411 e. The van der Waals surface area contributed by atoms with Crippen LogP contribution in [-0.2, 0) is 4.79 Å². The zero-order valence-corrected chi connectivity index (χ0v) is 4.96. The number of hydrogen-bond donors (Lipinski definition) is 1. The van der Waals surface area contributed by atoms with Crippen LogP contribution in [0, 0.1) is 5.92 Å². The molecule has 0 unspecified atom stereocenters. The summed E-state index contributed by atoms with van der Waals surface area (Å²) in [6, 6.07) is 0. The first kappa shape index (κ1) is 7.14. The van der Waals surface area contributed by atoms with Crippen molar-refractivity contribution in [2.45, 2.75) is 13.8 Å². The lowest BCUT2D eigenvalue weighted by Gasteiger charge is -1.95. The highest BCUT2D eigenvalue weighted by Crippen LogP contribution is 1.91. The fourth-order valence-corrected chi connectivity index (χ4v) is 0.275. The predicted octanol–water partition coefficient (Wildman–Crippen LogP) is 0.671. The van der Waals surface area contributed by atoms with Gasteiger partial charge < -0.3 is 5.21 Å². The molecule has 46 valence electrons. The van der Waals surface area contributed by atoms with Crippen molar-refractivity contribution in [2.75, 3.05) is 0 Å². The molecule has 0 aliphatic rings. The van der Waals surface area contributed by atoms with Crippen molar-refractivity contribution in [3.05, 3.63) is 0 Å². The zero-order chi connectivity index (χ0) is 6.57. The van der Waals surface area contributed by atoms with Gasteiger partial charge in [0.05, 0.1) is 0 Å². The van der Waals surface area contributed by atoms with Gasteiger partial charge >= 0.3 is 0 Å². The van der Waals surface area contributed by atoms with Gasteiger partial charge in [0.25, 0.3) is 0 Å². The van der Waals surface area contributed by atoms with E-state index in [1.54, 1.807) is 13.8 Å². The fourth-order valence-electron chi connectivity index (χ4n) is 0.275. The Labute approximate surface area is 48.0 Å². The third kappa shape index (κ3) is 1.73. The minimum absolute atomic E-state index is 0.0116. The van der Waals surface area contributed by atoms with E-state index in [-0.39, 0.29) is 11.6 Å². The van der Waals surface area contributed by atoms with Gasteiger partial charge in [0, 0.05) is 5.92 Å². The van der Waals surface area contributed by atoms with Crippen LogP contribution in [0.3, 0.4) is 0 Å². The highest BCUT2D eigenvalue weighted by molar-refractivity contribution is 6.28. The normalized spacial score (nSPS) is 12.1. The summed E-state index contributed by atoms with van der Waals surface area (Å²) in [6.45, 7) is 3.56.